The lowest BCUT2D eigenvalue weighted by Gasteiger charge is -2.18. The molecule has 0 saturated heterocycles. The molecule has 0 aromatic heterocycles. The zero-order chi connectivity index (χ0) is 14.9. The number of hydrogen-bond acceptors (Lipinski definition) is 4. The number of benzene rings is 1. The van der Waals surface area contributed by atoms with Crippen LogP contribution in [-0.2, 0) is 0 Å². The Kier molecular flexibility index (Phi) is 3.92. The third kappa shape index (κ3) is 2.89. The Bertz CT molecular complexity index is 544. The Hall–Kier alpha value is -2.11. The summed E-state index contributed by atoms with van der Waals surface area (Å²) in [4.78, 5) is 24.4. The number of carbonyl (C=O) groups excluding carboxylic acids is 1. The molecule has 1 amide bonds. The van der Waals surface area contributed by atoms with Crippen LogP contribution >= 0.6 is 0 Å². The van der Waals surface area contributed by atoms with Gasteiger partial charge in [0.25, 0.3) is 11.6 Å². The van der Waals surface area contributed by atoms with E-state index in [9.17, 15) is 14.9 Å². The highest BCUT2D eigenvalue weighted by atomic mass is 16.6. The summed E-state index contributed by atoms with van der Waals surface area (Å²) in [7, 11) is 3.44. The van der Waals surface area contributed by atoms with E-state index >= 15 is 0 Å². The van der Waals surface area contributed by atoms with Crippen molar-refractivity contribution in [1.29, 1.82) is 0 Å². The SMILES string of the molecule is CNc1ccc([N+](=O)[O-])cc1C(=O)N(C)CC1CC1C. The van der Waals surface area contributed by atoms with Gasteiger partial charge in [-0.15, -0.1) is 0 Å². The van der Waals surface area contributed by atoms with Crippen LogP contribution in [0.25, 0.3) is 0 Å². The lowest BCUT2D eigenvalue weighted by Crippen LogP contribution is -2.29. The maximum atomic E-state index is 12.4. The summed E-state index contributed by atoms with van der Waals surface area (Å²) in [6.45, 7) is 2.86. The Labute approximate surface area is 117 Å². The van der Waals surface area contributed by atoms with Crippen molar-refractivity contribution in [2.75, 3.05) is 26.0 Å². The number of anilines is 1. The second-order valence-electron chi connectivity index (χ2n) is 5.40. The van der Waals surface area contributed by atoms with E-state index in [1.54, 1.807) is 25.1 Å². The van der Waals surface area contributed by atoms with Crippen LogP contribution in [0.15, 0.2) is 18.2 Å². The molecular formula is C14H19N3O3. The van der Waals surface area contributed by atoms with Crippen LogP contribution in [0, 0.1) is 22.0 Å². The summed E-state index contributed by atoms with van der Waals surface area (Å²) in [5, 5.41) is 13.7. The Morgan fingerprint density at radius 3 is 2.70 bits per heavy atom. The second-order valence-corrected chi connectivity index (χ2v) is 5.40. The molecule has 0 spiro atoms. The number of nitro benzene ring substituents is 1. The van der Waals surface area contributed by atoms with Crippen LogP contribution in [0.3, 0.4) is 0 Å². The maximum absolute atomic E-state index is 12.4. The standard InChI is InChI=1S/C14H19N3O3/c1-9-6-10(9)8-16(3)14(18)12-7-11(17(19)20)4-5-13(12)15-2/h4-5,7,9-10,15H,6,8H2,1-3H3. The Morgan fingerprint density at radius 2 is 2.20 bits per heavy atom. The van der Waals surface area contributed by atoms with Crippen LogP contribution < -0.4 is 5.32 Å². The molecule has 6 nitrogen and oxygen atoms in total. The third-order valence-corrected chi connectivity index (χ3v) is 3.84. The van der Waals surface area contributed by atoms with Gasteiger partial charge in [0, 0.05) is 38.5 Å². The van der Waals surface area contributed by atoms with E-state index in [1.807, 2.05) is 0 Å². The van der Waals surface area contributed by atoms with Crippen LogP contribution in [0.1, 0.15) is 23.7 Å². The molecule has 2 atom stereocenters. The first-order valence-corrected chi connectivity index (χ1v) is 6.65. The van der Waals surface area contributed by atoms with Gasteiger partial charge < -0.3 is 10.2 Å². The van der Waals surface area contributed by atoms with Crippen molar-refractivity contribution >= 4 is 17.3 Å². The highest BCUT2D eigenvalue weighted by Gasteiger charge is 2.34. The number of hydrogen-bond donors (Lipinski definition) is 1. The first kappa shape index (κ1) is 14.3. The third-order valence-electron chi connectivity index (χ3n) is 3.84. The molecular weight excluding hydrogens is 258 g/mol. The topological polar surface area (TPSA) is 75.5 Å². The number of rotatable bonds is 5. The Balaban J connectivity index is 2.22. The minimum absolute atomic E-state index is 0.0689. The van der Waals surface area contributed by atoms with Crippen molar-refractivity contribution in [3.8, 4) is 0 Å². The van der Waals surface area contributed by atoms with Gasteiger partial charge in [-0.25, -0.2) is 0 Å². The van der Waals surface area contributed by atoms with Gasteiger partial charge in [0.15, 0.2) is 0 Å². The Morgan fingerprint density at radius 1 is 1.55 bits per heavy atom. The largest absolute Gasteiger partial charge is 0.387 e. The van der Waals surface area contributed by atoms with E-state index in [4.69, 9.17) is 0 Å². The smallest absolute Gasteiger partial charge is 0.270 e. The average Bonchev–Trinajstić information content (AvgIpc) is 3.12. The molecule has 1 saturated carbocycles. The summed E-state index contributed by atoms with van der Waals surface area (Å²) in [5.41, 5.74) is 0.884. The van der Waals surface area contributed by atoms with E-state index in [-0.39, 0.29) is 11.6 Å². The van der Waals surface area contributed by atoms with Crippen LogP contribution in [0.5, 0.6) is 0 Å². The molecule has 108 valence electrons. The fraction of sp³-hybridized carbons (Fsp3) is 0.500. The van der Waals surface area contributed by atoms with E-state index in [0.29, 0.717) is 29.6 Å². The maximum Gasteiger partial charge on any atom is 0.270 e. The first-order chi connectivity index (χ1) is 9.43. The molecule has 0 bridgehead atoms. The predicted octanol–water partition coefficient (Wildman–Crippen LogP) is 2.36. The molecule has 0 heterocycles. The van der Waals surface area contributed by atoms with Gasteiger partial charge >= 0.3 is 0 Å². The van der Waals surface area contributed by atoms with Crippen molar-refractivity contribution in [3.05, 3.63) is 33.9 Å². The molecule has 1 aliphatic rings. The minimum atomic E-state index is -0.487. The lowest BCUT2D eigenvalue weighted by molar-refractivity contribution is -0.384. The van der Waals surface area contributed by atoms with Crippen molar-refractivity contribution < 1.29 is 9.72 Å². The van der Waals surface area contributed by atoms with Gasteiger partial charge in [0.05, 0.1) is 10.5 Å². The average molecular weight is 277 g/mol. The lowest BCUT2D eigenvalue weighted by atomic mass is 10.1. The van der Waals surface area contributed by atoms with Gasteiger partial charge in [-0.2, -0.15) is 0 Å². The van der Waals surface area contributed by atoms with E-state index in [2.05, 4.69) is 12.2 Å². The summed E-state index contributed by atoms with van der Waals surface area (Å²) in [6, 6.07) is 4.30. The summed E-state index contributed by atoms with van der Waals surface area (Å²) in [5.74, 6) is 1.04. The number of carbonyl (C=O) groups is 1. The minimum Gasteiger partial charge on any atom is -0.387 e. The van der Waals surface area contributed by atoms with Crippen LogP contribution in [0.4, 0.5) is 11.4 Å². The highest BCUT2D eigenvalue weighted by Crippen LogP contribution is 2.38. The van der Waals surface area contributed by atoms with Gasteiger partial charge in [-0.3, -0.25) is 14.9 Å². The number of amides is 1. The molecule has 1 aromatic rings. The van der Waals surface area contributed by atoms with Gasteiger partial charge in [-0.05, 0) is 24.3 Å². The van der Waals surface area contributed by atoms with E-state index in [1.165, 1.54) is 12.1 Å². The molecule has 1 aromatic carbocycles. The zero-order valence-corrected chi connectivity index (χ0v) is 11.9. The zero-order valence-electron chi connectivity index (χ0n) is 11.9. The molecule has 6 heteroatoms. The van der Waals surface area contributed by atoms with Crippen molar-refractivity contribution in [3.63, 3.8) is 0 Å². The molecule has 2 unspecified atom stereocenters. The van der Waals surface area contributed by atoms with Gasteiger partial charge in [0.2, 0.25) is 0 Å². The molecule has 20 heavy (non-hydrogen) atoms. The van der Waals surface area contributed by atoms with Gasteiger partial charge in [0.1, 0.15) is 0 Å². The quantitative estimate of drug-likeness (QED) is 0.662. The predicted molar refractivity (Wildman–Crippen MR) is 76.9 cm³/mol. The number of nitrogens with one attached hydrogen (secondary N) is 1. The summed E-state index contributed by atoms with van der Waals surface area (Å²) in [6.07, 6.45) is 1.14. The van der Waals surface area contributed by atoms with Crippen molar-refractivity contribution in [2.45, 2.75) is 13.3 Å². The molecule has 0 aliphatic heterocycles. The fourth-order valence-corrected chi connectivity index (χ4v) is 2.33. The van der Waals surface area contributed by atoms with E-state index < -0.39 is 4.92 Å². The molecule has 1 aliphatic carbocycles. The molecule has 0 radical (unpaired) electrons. The first-order valence-electron chi connectivity index (χ1n) is 6.65. The number of non-ortho nitro benzene ring substituents is 1. The molecule has 1 N–H and O–H groups in total. The van der Waals surface area contributed by atoms with Crippen molar-refractivity contribution in [2.24, 2.45) is 11.8 Å². The van der Waals surface area contributed by atoms with Crippen molar-refractivity contribution in [1.82, 2.24) is 4.90 Å². The molecule has 2 rings (SSSR count). The van der Waals surface area contributed by atoms with Crippen LogP contribution in [-0.4, -0.2) is 36.4 Å². The monoisotopic (exact) mass is 277 g/mol. The highest BCUT2D eigenvalue weighted by molar-refractivity contribution is 6.00. The fourth-order valence-electron chi connectivity index (χ4n) is 2.33. The summed E-state index contributed by atoms with van der Waals surface area (Å²) < 4.78 is 0. The second kappa shape index (κ2) is 5.48. The van der Waals surface area contributed by atoms with Gasteiger partial charge in [-0.1, -0.05) is 6.92 Å². The molecule has 1 fully saturated rings. The van der Waals surface area contributed by atoms with Crippen LogP contribution in [0.2, 0.25) is 0 Å². The summed E-state index contributed by atoms with van der Waals surface area (Å²) >= 11 is 0. The van der Waals surface area contributed by atoms with E-state index in [0.717, 1.165) is 6.42 Å². The number of nitrogens with zero attached hydrogens (tertiary/aromatic N) is 2. The number of nitro groups is 1. The normalized spacial score (nSPS) is 20.4.